The average Bonchev–Trinajstić information content (AvgIpc) is 2.40. The molecule has 1 aromatic heterocycles. The van der Waals surface area contributed by atoms with Gasteiger partial charge in [-0.05, 0) is 19.1 Å². The van der Waals surface area contributed by atoms with Crippen LogP contribution in [0.15, 0.2) is 6.33 Å². The molecule has 1 aromatic rings. The standard InChI is InChI=1S/C11H19N5O2S/c1-4-11(5-2,19-3)6-13-10-8(16(17)18)9(12)14-7-15-10/h7H,4-6H2,1-3H3,(H3,12,13,14,15). The minimum atomic E-state index is -0.559. The first-order chi connectivity index (χ1) is 8.99. The van der Waals surface area contributed by atoms with Crippen molar-refractivity contribution in [1.82, 2.24) is 9.97 Å². The van der Waals surface area contributed by atoms with Crippen molar-refractivity contribution in [3.8, 4) is 0 Å². The number of thioether (sulfide) groups is 1. The van der Waals surface area contributed by atoms with Crippen molar-refractivity contribution in [1.29, 1.82) is 0 Å². The predicted octanol–water partition coefficient (Wildman–Crippen LogP) is 2.30. The number of nitrogens with zero attached hydrogens (tertiary/aromatic N) is 3. The van der Waals surface area contributed by atoms with Crippen LogP contribution >= 0.6 is 11.8 Å². The van der Waals surface area contributed by atoms with Crippen LogP contribution in [0.4, 0.5) is 17.3 Å². The van der Waals surface area contributed by atoms with Gasteiger partial charge in [0.15, 0.2) is 0 Å². The van der Waals surface area contributed by atoms with E-state index in [0.29, 0.717) is 6.54 Å². The number of nitrogen functional groups attached to an aromatic ring is 1. The van der Waals surface area contributed by atoms with E-state index in [0.717, 1.165) is 12.8 Å². The molecule has 0 unspecified atom stereocenters. The molecule has 3 N–H and O–H groups in total. The molecule has 1 heterocycles. The van der Waals surface area contributed by atoms with E-state index in [1.54, 1.807) is 11.8 Å². The molecule has 0 saturated heterocycles. The molecule has 0 fully saturated rings. The zero-order valence-corrected chi connectivity index (χ0v) is 12.2. The van der Waals surface area contributed by atoms with Crippen LogP contribution in [-0.2, 0) is 0 Å². The van der Waals surface area contributed by atoms with E-state index in [1.807, 2.05) is 6.26 Å². The number of hydrogen-bond acceptors (Lipinski definition) is 7. The molecule has 0 atom stereocenters. The quantitative estimate of drug-likeness (QED) is 0.584. The fraction of sp³-hybridized carbons (Fsp3) is 0.636. The maximum absolute atomic E-state index is 11.0. The number of anilines is 2. The first kappa shape index (κ1) is 15.5. The molecule has 8 heteroatoms. The summed E-state index contributed by atoms with van der Waals surface area (Å²) >= 11 is 1.75. The van der Waals surface area contributed by atoms with Crippen LogP contribution in [0.3, 0.4) is 0 Å². The van der Waals surface area contributed by atoms with Crippen LogP contribution in [0, 0.1) is 10.1 Å². The topological polar surface area (TPSA) is 107 Å². The number of hydrogen-bond donors (Lipinski definition) is 2. The summed E-state index contributed by atoms with van der Waals surface area (Å²) in [5.74, 6) is 0.0584. The fourth-order valence-electron chi connectivity index (χ4n) is 1.81. The van der Waals surface area contributed by atoms with E-state index in [2.05, 4.69) is 29.1 Å². The molecule has 0 bridgehead atoms. The Balaban J connectivity index is 2.95. The zero-order valence-electron chi connectivity index (χ0n) is 11.3. The molecule has 19 heavy (non-hydrogen) atoms. The lowest BCUT2D eigenvalue weighted by Crippen LogP contribution is -2.32. The molecule has 0 aliphatic carbocycles. The Labute approximate surface area is 116 Å². The van der Waals surface area contributed by atoms with E-state index in [1.165, 1.54) is 6.33 Å². The van der Waals surface area contributed by atoms with Crippen LogP contribution in [0.2, 0.25) is 0 Å². The lowest BCUT2D eigenvalue weighted by molar-refractivity contribution is -0.383. The third-order valence-electron chi connectivity index (χ3n) is 3.33. The summed E-state index contributed by atoms with van der Waals surface area (Å²) in [6.07, 6.45) is 5.19. The predicted molar refractivity (Wildman–Crippen MR) is 78.4 cm³/mol. The van der Waals surface area contributed by atoms with Crippen molar-refractivity contribution in [2.24, 2.45) is 0 Å². The summed E-state index contributed by atoms with van der Waals surface area (Å²) in [5.41, 5.74) is 5.26. The SMILES string of the molecule is CCC(CC)(CNc1ncnc(N)c1[N+](=O)[O-])SC. The van der Waals surface area contributed by atoms with Crippen LogP contribution in [-0.4, -0.2) is 32.4 Å². The van der Waals surface area contributed by atoms with Crippen molar-refractivity contribution in [2.45, 2.75) is 31.4 Å². The number of aromatic nitrogens is 2. The van der Waals surface area contributed by atoms with Crippen LogP contribution in [0.5, 0.6) is 0 Å². The third kappa shape index (κ3) is 3.46. The van der Waals surface area contributed by atoms with E-state index in [9.17, 15) is 10.1 Å². The Morgan fingerprint density at radius 1 is 1.47 bits per heavy atom. The van der Waals surface area contributed by atoms with Gasteiger partial charge in [0.2, 0.25) is 11.6 Å². The molecule has 0 amide bonds. The summed E-state index contributed by atoms with van der Waals surface area (Å²) < 4.78 is 0.0353. The lowest BCUT2D eigenvalue weighted by atomic mass is 10.0. The van der Waals surface area contributed by atoms with Gasteiger partial charge in [0.05, 0.1) is 4.92 Å². The van der Waals surface area contributed by atoms with Crippen molar-refractivity contribution in [2.75, 3.05) is 23.9 Å². The highest BCUT2D eigenvalue weighted by Gasteiger charge is 2.27. The van der Waals surface area contributed by atoms with Gasteiger partial charge in [-0.25, -0.2) is 9.97 Å². The van der Waals surface area contributed by atoms with E-state index < -0.39 is 4.92 Å². The number of nitro groups is 1. The number of nitrogens with one attached hydrogen (secondary N) is 1. The Kier molecular flexibility index (Phi) is 5.34. The van der Waals surface area contributed by atoms with Crippen LogP contribution in [0.25, 0.3) is 0 Å². The molecule has 106 valence electrons. The summed E-state index contributed by atoms with van der Waals surface area (Å²) in [4.78, 5) is 18.0. The van der Waals surface area contributed by atoms with Gasteiger partial charge in [0.1, 0.15) is 6.33 Å². The summed E-state index contributed by atoms with van der Waals surface area (Å²) in [6, 6.07) is 0. The normalized spacial score (nSPS) is 11.3. The van der Waals surface area contributed by atoms with Crippen molar-refractivity contribution in [3.05, 3.63) is 16.4 Å². The Morgan fingerprint density at radius 2 is 2.11 bits per heavy atom. The molecule has 0 saturated carbocycles. The minimum absolute atomic E-state index is 0.0353. The second-order valence-corrected chi connectivity index (χ2v) is 5.44. The maximum atomic E-state index is 11.0. The van der Waals surface area contributed by atoms with E-state index >= 15 is 0 Å². The van der Waals surface area contributed by atoms with Gasteiger partial charge in [-0.1, -0.05) is 13.8 Å². The lowest BCUT2D eigenvalue weighted by Gasteiger charge is -2.29. The molecule has 0 aliphatic rings. The highest BCUT2D eigenvalue weighted by atomic mass is 32.2. The molecule has 0 aromatic carbocycles. The smallest absolute Gasteiger partial charge is 0.352 e. The molecule has 0 aliphatic heterocycles. The molecule has 1 rings (SSSR count). The van der Waals surface area contributed by atoms with Crippen molar-refractivity contribution in [3.63, 3.8) is 0 Å². The maximum Gasteiger partial charge on any atom is 0.352 e. The van der Waals surface area contributed by atoms with Gasteiger partial charge in [-0.2, -0.15) is 11.8 Å². The molecule has 7 nitrogen and oxygen atoms in total. The number of rotatable bonds is 7. The highest BCUT2D eigenvalue weighted by molar-refractivity contribution is 8.00. The van der Waals surface area contributed by atoms with Crippen molar-refractivity contribution >= 4 is 29.1 Å². The molecular weight excluding hydrogens is 266 g/mol. The van der Waals surface area contributed by atoms with Gasteiger partial charge in [-0.3, -0.25) is 10.1 Å². The van der Waals surface area contributed by atoms with Crippen LogP contribution < -0.4 is 11.1 Å². The minimum Gasteiger partial charge on any atom is -0.378 e. The first-order valence-corrected chi connectivity index (χ1v) is 7.26. The second kappa shape index (κ2) is 6.55. The molecule has 0 spiro atoms. The third-order valence-corrected chi connectivity index (χ3v) is 4.92. The zero-order chi connectivity index (χ0) is 14.5. The summed E-state index contributed by atoms with van der Waals surface area (Å²) in [6.45, 7) is 4.80. The second-order valence-electron chi connectivity index (χ2n) is 4.16. The molecular formula is C11H19N5O2S. The first-order valence-electron chi connectivity index (χ1n) is 6.03. The van der Waals surface area contributed by atoms with Gasteiger partial charge >= 0.3 is 5.69 Å². The fourth-order valence-corrected chi connectivity index (χ4v) is 2.60. The van der Waals surface area contributed by atoms with Gasteiger partial charge < -0.3 is 11.1 Å². The molecule has 0 radical (unpaired) electrons. The van der Waals surface area contributed by atoms with Crippen molar-refractivity contribution < 1.29 is 4.92 Å². The average molecular weight is 285 g/mol. The van der Waals surface area contributed by atoms with Gasteiger partial charge in [0.25, 0.3) is 0 Å². The van der Waals surface area contributed by atoms with Crippen LogP contribution in [0.1, 0.15) is 26.7 Å². The summed E-state index contributed by atoms with van der Waals surface area (Å²) in [7, 11) is 0. The van der Waals surface area contributed by atoms with Gasteiger partial charge in [0, 0.05) is 11.3 Å². The summed E-state index contributed by atoms with van der Waals surface area (Å²) in [5, 5.41) is 14.0. The monoisotopic (exact) mass is 285 g/mol. The van der Waals surface area contributed by atoms with Gasteiger partial charge in [-0.15, -0.1) is 0 Å². The van der Waals surface area contributed by atoms with E-state index in [4.69, 9.17) is 5.73 Å². The number of nitrogens with two attached hydrogens (primary N) is 1. The highest BCUT2D eigenvalue weighted by Crippen LogP contribution is 2.32. The Morgan fingerprint density at radius 3 is 2.58 bits per heavy atom. The Hall–Kier alpha value is -1.57. The van der Waals surface area contributed by atoms with E-state index in [-0.39, 0.29) is 22.1 Å². The Bertz CT molecular complexity index is 442. The largest absolute Gasteiger partial charge is 0.378 e.